The number of sulfonamides is 1. The Balaban J connectivity index is 1.83. The van der Waals surface area contributed by atoms with E-state index >= 15 is 0 Å². The lowest BCUT2D eigenvalue weighted by atomic mass is 10.2. The van der Waals surface area contributed by atoms with Crippen LogP contribution in [0.3, 0.4) is 0 Å². The molecular weight excluding hydrogens is 457 g/mol. The number of nitrogens with one attached hydrogen (secondary N) is 2. The molecule has 33 heavy (non-hydrogen) atoms. The maximum atomic E-state index is 13.4. The van der Waals surface area contributed by atoms with E-state index in [0.717, 1.165) is 4.31 Å². The number of benzene rings is 1. The van der Waals surface area contributed by atoms with Crippen molar-refractivity contribution >= 4 is 27.6 Å². The van der Waals surface area contributed by atoms with Gasteiger partial charge in [0.25, 0.3) is 0 Å². The molecule has 1 unspecified atom stereocenters. The molecule has 11 nitrogen and oxygen atoms in total. The van der Waals surface area contributed by atoms with E-state index in [4.69, 9.17) is 9.26 Å². The summed E-state index contributed by atoms with van der Waals surface area (Å²) in [6.45, 7) is 3.13. The van der Waals surface area contributed by atoms with Crippen LogP contribution < -0.4 is 10.6 Å². The van der Waals surface area contributed by atoms with Crippen LogP contribution in [0.2, 0.25) is 0 Å². The zero-order chi connectivity index (χ0) is 24.2. The van der Waals surface area contributed by atoms with E-state index in [2.05, 4.69) is 15.8 Å². The summed E-state index contributed by atoms with van der Waals surface area (Å²) in [5, 5.41) is 8.97. The van der Waals surface area contributed by atoms with Gasteiger partial charge in [0.05, 0.1) is 6.61 Å². The first-order valence-electron chi connectivity index (χ1n) is 10.2. The summed E-state index contributed by atoms with van der Waals surface area (Å²) in [4.78, 5) is 26.9. The van der Waals surface area contributed by atoms with Gasteiger partial charge in [-0.25, -0.2) is 17.6 Å². The van der Waals surface area contributed by atoms with Crippen LogP contribution in [0.1, 0.15) is 11.5 Å². The lowest BCUT2D eigenvalue weighted by Crippen LogP contribution is -2.62. The molecule has 2 heterocycles. The standard InChI is InChI=1S/C20H26FN5O6S/c1-13-18(14(2)32-24-13)33(29,30)26-10-9-25(12-17(26)19(27)22-8-11-31-3)20(28)23-16-6-4-15(21)5-7-16/h4-7,17H,8-12H2,1-3H3,(H,22,27)(H,23,28). The average Bonchev–Trinajstić information content (AvgIpc) is 3.13. The number of piperazine rings is 1. The predicted octanol–water partition coefficient (Wildman–Crippen LogP) is 1.10. The van der Waals surface area contributed by atoms with E-state index in [1.54, 1.807) is 0 Å². The second-order valence-corrected chi connectivity index (χ2v) is 9.28. The Bertz CT molecular complexity index is 1090. The van der Waals surface area contributed by atoms with Gasteiger partial charge in [0.1, 0.15) is 22.4 Å². The highest BCUT2D eigenvalue weighted by Crippen LogP contribution is 2.27. The van der Waals surface area contributed by atoms with Crippen LogP contribution in [0.15, 0.2) is 33.7 Å². The third-order valence-corrected chi connectivity index (χ3v) is 7.31. The molecule has 1 aromatic heterocycles. The van der Waals surface area contributed by atoms with Gasteiger partial charge in [-0.05, 0) is 38.1 Å². The number of hydrogen-bond donors (Lipinski definition) is 2. The summed E-state index contributed by atoms with van der Waals surface area (Å²) < 4.78 is 50.9. The number of anilines is 1. The second-order valence-electron chi connectivity index (χ2n) is 7.45. The largest absolute Gasteiger partial charge is 0.383 e. The van der Waals surface area contributed by atoms with Crippen LogP contribution in [0.25, 0.3) is 0 Å². The van der Waals surface area contributed by atoms with E-state index < -0.39 is 33.8 Å². The fraction of sp³-hybridized carbons (Fsp3) is 0.450. The Morgan fingerprint density at radius 2 is 1.94 bits per heavy atom. The third-order valence-electron chi connectivity index (χ3n) is 5.16. The molecule has 2 N–H and O–H groups in total. The van der Waals surface area contributed by atoms with Gasteiger partial charge in [-0.15, -0.1) is 0 Å². The van der Waals surface area contributed by atoms with E-state index in [1.807, 2.05) is 0 Å². The zero-order valence-electron chi connectivity index (χ0n) is 18.5. The van der Waals surface area contributed by atoms with Gasteiger partial charge in [-0.1, -0.05) is 5.16 Å². The first kappa shape index (κ1) is 24.6. The van der Waals surface area contributed by atoms with Gasteiger partial charge in [0, 0.05) is 39.0 Å². The second kappa shape index (κ2) is 10.3. The van der Waals surface area contributed by atoms with Crippen molar-refractivity contribution in [2.75, 3.05) is 45.2 Å². The number of carbonyl (C=O) groups is 2. The molecule has 1 atom stereocenters. The highest BCUT2D eigenvalue weighted by atomic mass is 32.2. The first-order chi connectivity index (χ1) is 15.6. The molecule has 13 heteroatoms. The molecule has 1 aliphatic heterocycles. The van der Waals surface area contributed by atoms with Crippen LogP contribution in [0.5, 0.6) is 0 Å². The van der Waals surface area contributed by atoms with Crippen LogP contribution in [-0.4, -0.2) is 80.7 Å². The number of ether oxygens (including phenoxy) is 1. The van der Waals surface area contributed by atoms with Crippen LogP contribution in [0, 0.1) is 19.7 Å². The quantitative estimate of drug-likeness (QED) is 0.563. The maximum absolute atomic E-state index is 13.4. The lowest BCUT2D eigenvalue weighted by molar-refractivity contribution is -0.126. The summed E-state index contributed by atoms with van der Waals surface area (Å²) in [7, 11) is -2.66. The summed E-state index contributed by atoms with van der Waals surface area (Å²) in [5.74, 6) is -0.900. The minimum Gasteiger partial charge on any atom is -0.383 e. The lowest BCUT2D eigenvalue weighted by Gasteiger charge is -2.39. The van der Waals surface area contributed by atoms with E-state index in [9.17, 15) is 22.4 Å². The highest BCUT2D eigenvalue weighted by molar-refractivity contribution is 7.89. The molecule has 3 rings (SSSR count). The molecule has 1 aliphatic rings. The van der Waals surface area contributed by atoms with Gasteiger partial charge in [-0.2, -0.15) is 4.31 Å². The number of amides is 3. The number of urea groups is 1. The minimum absolute atomic E-state index is 0.0392. The van der Waals surface area contributed by atoms with Crippen molar-refractivity contribution < 1.29 is 31.7 Å². The number of hydrogen-bond acceptors (Lipinski definition) is 7. The van der Waals surface area contributed by atoms with Crippen molar-refractivity contribution in [2.45, 2.75) is 24.8 Å². The molecule has 1 fully saturated rings. The molecule has 0 bridgehead atoms. The maximum Gasteiger partial charge on any atom is 0.321 e. The Kier molecular flexibility index (Phi) is 7.66. The molecule has 1 aromatic carbocycles. The molecule has 0 aliphatic carbocycles. The van der Waals surface area contributed by atoms with Crippen LogP contribution in [0.4, 0.5) is 14.9 Å². The number of carbonyl (C=O) groups excluding carboxylic acids is 2. The SMILES string of the molecule is COCCNC(=O)C1CN(C(=O)Nc2ccc(F)cc2)CCN1S(=O)(=O)c1c(C)noc1C. The third kappa shape index (κ3) is 5.49. The molecular formula is C20H26FN5O6S. The van der Waals surface area contributed by atoms with Crippen molar-refractivity contribution in [2.24, 2.45) is 0 Å². The summed E-state index contributed by atoms with van der Waals surface area (Å²) in [6.07, 6.45) is 0. The molecule has 0 saturated carbocycles. The average molecular weight is 484 g/mol. The van der Waals surface area contributed by atoms with Crippen molar-refractivity contribution in [1.29, 1.82) is 0 Å². The number of aryl methyl sites for hydroxylation is 2. The fourth-order valence-corrected chi connectivity index (χ4v) is 5.41. The number of aromatic nitrogens is 1. The van der Waals surface area contributed by atoms with Crippen molar-refractivity contribution in [3.05, 3.63) is 41.5 Å². The van der Waals surface area contributed by atoms with Gasteiger partial charge in [0.15, 0.2) is 5.76 Å². The Labute approximate surface area is 190 Å². The minimum atomic E-state index is -4.13. The topological polar surface area (TPSA) is 134 Å². The van der Waals surface area contributed by atoms with Crippen molar-refractivity contribution in [3.63, 3.8) is 0 Å². The van der Waals surface area contributed by atoms with E-state index in [-0.39, 0.29) is 49.1 Å². The normalized spacial score (nSPS) is 17.1. The molecule has 0 radical (unpaired) electrons. The zero-order valence-corrected chi connectivity index (χ0v) is 19.3. The highest BCUT2D eigenvalue weighted by Gasteiger charge is 2.43. The summed E-state index contributed by atoms with van der Waals surface area (Å²) >= 11 is 0. The van der Waals surface area contributed by atoms with E-state index in [1.165, 1.54) is 50.1 Å². The number of nitrogens with zero attached hydrogens (tertiary/aromatic N) is 3. The Hall–Kier alpha value is -3.03. The smallest absolute Gasteiger partial charge is 0.321 e. The summed E-state index contributed by atoms with van der Waals surface area (Å²) in [6, 6.07) is 3.49. The summed E-state index contributed by atoms with van der Waals surface area (Å²) in [5.41, 5.74) is 0.552. The van der Waals surface area contributed by atoms with E-state index in [0.29, 0.717) is 5.69 Å². The number of methoxy groups -OCH3 is 1. The first-order valence-corrected chi connectivity index (χ1v) is 11.6. The van der Waals surface area contributed by atoms with Crippen molar-refractivity contribution in [1.82, 2.24) is 19.7 Å². The van der Waals surface area contributed by atoms with Crippen molar-refractivity contribution in [3.8, 4) is 0 Å². The monoisotopic (exact) mass is 483 g/mol. The van der Waals surface area contributed by atoms with Crippen LogP contribution >= 0.6 is 0 Å². The Morgan fingerprint density at radius 3 is 2.55 bits per heavy atom. The fourth-order valence-electron chi connectivity index (χ4n) is 3.54. The number of halogens is 1. The Morgan fingerprint density at radius 1 is 1.24 bits per heavy atom. The van der Waals surface area contributed by atoms with Crippen LogP contribution in [-0.2, 0) is 19.6 Å². The molecule has 2 aromatic rings. The molecule has 1 saturated heterocycles. The van der Waals surface area contributed by atoms with Gasteiger partial charge in [0.2, 0.25) is 15.9 Å². The van der Waals surface area contributed by atoms with Gasteiger partial charge >= 0.3 is 6.03 Å². The number of rotatable bonds is 7. The predicted molar refractivity (Wildman–Crippen MR) is 116 cm³/mol. The molecule has 0 spiro atoms. The van der Waals surface area contributed by atoms with Gasteiger partial charge < -0.3 is 24.8 Å². The molecule has 180 valence electrons. The molecule has 3 amide bonds. The van der Waals surface area contributed by atoms with Gasteiger partial charge in [-0.3, -0.25) is 4.79 Å².